The maximum Gasteiger partial charge on any atom is 0.337 e. The third-order valence-electron chi connectivity index (χ3n) is 3.24. The molecule has 0 saturated carbocycles. The molecule has 1 aromatic carbocycles. The summed E-state index contributed by atoms with van der Waals surface area (Å²) in [6, 6.07) is 8.43. The van der Waals surface area contributed by atoms with Crippen molar-refractivity contribution in [2.45, 2.75) is 20.1 Å². The van der Waals surface area contributed by atoms with Crippen LogP contribution in [0.3, 0.4) is 0 Å². The van der Waals surface area contributed by atoms with Crippen molar-refractivity contribution in [2.24, 2.45) is 5.84 Å². The molecule has 0 fully saturated rings. The average molecular weight is 275 g/mol. The average Bonchev–Trinajstić information content (AvgIpc) is 2.76. The number of hydrogen-bond donors (Lipinski definition) is 4. The molecule has 1 aromatic heterocycles. The summed E-state index contributed by atoms with van der Waals surface area (Å²) in [5.41, 5.74) is 5.23. The highest BCUT2D eigenvalue weighted by Gasteiger charge is 2.17. The number of carboxylic acid groups (broad SMARTS) is 1. The number of nitrogens with two attached hydrogens (primary N) is 1. The van der Waals surface area contributed by atoms with Gasteiger partial charge in [-0.15, -0.1) is 0 Å². The van der Waals surface area contributed by atoms with Gasteiger partial charge in [-0.05, 0) is 43.7 Å². The van der Waals surface area contributed by atoms with Gasteiger partial charge in [0.05, 0.1) is 11.3 Å². The van der Waals surface area contributed by atoms with E-state index in [2.05, 4.69) is 5.43 Å². The van der Waals surface area contributed by atoms with Crippen LogP contribution in [0.15, 0.2) is 30.3 Å². The number of hydrazine groups is 1. The van der Waals surface area contributed by atoms with Gasteiger partial charge in [0.1, 0.15) is 6.23 Å². The van der Waals surface area contributed by atoms with Crippen LogP contribution in [0.2, 0.25) is 0 Å². The van der Waals surface area contributed by atoms with Gasteiger partial charge in [0.25, 0.3) is 0 Å². The topological polar surface area (TPSA) is 101 Å². The van der Waals surface area contributed by atoms with Crippen molar-refractivity contribution in [1.82, 2.24) is 9.99 Å². The SMILES string of the molecule is Cc1ccc(C)n1-c1cc(C(O)NN)ccc1C(=O)O. The Kier molecular flexibility index (Phi) is 3.89. The van der Waals surface area contributed by atoms with Crippen molar-refractivity contribution in [3.05, 3.63) is 52.8 Å². The van der Waals surface area contributed by atoms with E-state index in [1.165, 1.54) is 12.1 Å². The molecule has 2 aromatic rings. The van der Waals surface area contributed by atoms with E-state index in [0.29, 0.717) is 11.3 Å². The van der Waals surface area contributed by atoms with Crippen molar-refractivity contribution in [3.63, 3.8) is 0 Å². The largest absolute Gasteiger partial charge is 0.478 e. The molecule has 0 amide bonds. The first-order valence-electron chi connectivity index (χ1n) is 6.12. The van der Waals surface area contributed by atoms with Gasteiger partial charge in [-0.2, -0.15) is 0 Å². The van der Waals surface area contributed by atoms with Gasteiger partial charge in [0, 0.05) is 11.4 Å². The van der Waals surface area contributed by atoms with Crippen LogP contribution in [-0.4, -0.2) is 20.7 Å². The van der Waals surface area contributed by atoms with Crippen molar-refractivity contribution in [2.75, 3.05) is 0 Å². The number of nitrogens with one attached hydrogen (secondary N) is 1. The molecular formula is C14H17N3O3. The maximum atomic E-state index is 11.4. The zero-order valence-corrected chi connectivity index (χ0v) is 11.3. The number of benzene rings is 1. The van der Waals surface area contributed by atoms with Gasteiger partial charge in [0.2, 0.25) is 0 Å². The molecule has 0 bridgehead atoms. The molecule has 0 aliphatic rings. The van der Waals surface area contributed by atoms with Crippen LogP contribution in [-0.2, 0) is 0 Å². The van der Waals surface area contributed by atoms with Crippen molar-refractivity contribution < 1.29 is 15.0 Å². The molecule has 6 nitrogen and oxygen atoms in total. The predicted octanol–water partition coefficient (Wildman–Crippen LogP) is 1.25. The van der Waals surface area contributed by atoms with E-state index >= 15 is 0 Å². The first-order chi connectivity index (χ1) is 9.45. The lowest BCUT2D eigenvalue weighted by atomic mass is 10.1. The highest BCUT2D eigenvalue weighted by atomic mass is 16.4. The van der Waals surface area contributed by atoms with E-state index in [1.807, 2.05) is 30.5 Å². The highest BCUT2D eigenvalue weighted by Crippen LogP contribution is 2.24. The molecule has 5 N–H and O–H groups in total. The molecular weight excluding hydrogens is 258 g/mol. The van der Waals surface area contributed by atoms with Gasteiger partial charge in [-0.25, -0.2) is 10.2 Å². The van der Waals surface area contributed by atoms with E-state index in [4.69, 9.17) is 5.84 Å². The Labute approximate surface area is 116 Å². The summed E-state index contributed by atoms with van der Waals surface area (Å²) < 4.78 is 1.83. The molecule has 106 valence electrons. The summed E-state index contributed by atoms with van der Waals surface area (Å²) in [5, 5.41) is 19.0. The second-order valence-corrected chi connectivity index (χ2v) is 4.60. The Bertz CT molecular complexity index is 630. The van der Waals surface area contributed by atoms with Gasteiger partial charge >= 0.3 is 5.97 Å². The molecule has 0 aliphatic carbocycles. The zero-order chi connectivity index (χ0) is 14.9. The summed E-state index contributed by atoms with van der Waals surface area (Å²) in [7, 11) is 0. The number of carbonyl (C=O) groups is 1. The van der Waals surface area contributed by atoms with Crippen LogP contribution >= 0.6 is 0 Å². The molecule has 1 heterocycles. The Hall–Kier alpha value is -2.15. The number of hydrogen-bond acceptors (Lipinski definition) is 4. The molecule has 1 unspecified atom stereocenters. The summed E-state index contributed by atoms with van der Waals surface area (Å²) in [4.78, 5) is 11.4. The minimum atomic E-state index is -1.05. The molecule has 6 heteroatoms. The van der Waals surface area contributed by atoms with Gasteiger partial charge in [-0.3, -0.25) is 5.84 Å². The lowest BCUT2D eigenvalue weighted by Gasteiger charge is -2.16. The molecule has 0 aliphatic heterocycles. The minimum absolute atomic E-state index is 0.167. The zero-order valence-electron chi connectivity index (χ0n) is 11.3. The van der Waals surface area contributed by atoms with E-state index in [9.17, 15) is 15.0 Å². The monoisotopic (exact) mass is 275 g/mol. The van der Waals surface area contributed by atoms with Crippen molar-refractivity contribution in [3.8, 4) is 5.69 Å². The second-order valence-electron chi connectivity index (χ2n) is 4.60. The number of nitrogens with zero attached hydrogens (tertiary/aromatic N) is 1. The molecule has 0 radical (unpaired) electrons. The third kappa shape index (κ3) is 2.44. The predicted molar refractivity (Wildman–Crippen MR) is 74.5 cm³/mol. The van der Waals surface area contributed by atoms with Gasteiger partial charge in [0.15, 0.2) is 0 Å². The first-order valence-corrected chi connectivity index (χ1v) is 6.12. The Morgan fingerprint density at radius 1 is 1.25 bits per heavy atom. The molecule has 0 saturated heterocycles. The molecule has 0 spiro atoms. The Morgan fingerprint density at radius 3 is 2.35 bits per heavy atom. The number of rotatable bonds is 4. The fourth-order valence-electron chi connectivity index (χ4n) is 2.23. The van der Waals surface area contributed by atoms with Gasteiger partial charge in [-0.1, -0.05) is 6.07 Å². The summed E-state index contributed by atoms with van der Waals surface area (Å²) in [5.74, 6) is 4.19. The normalized spacial score (nSPS) is 12.4. The standard InChI is InChI=1S/C14H17N3O3/c1-8-3-4-9(2)17(8)12-7-10(13(18)16-15)5-6-11(12)14(19)20/h3-7,13,16,18H,15H2,1-2H3,(H,19,20). The molecule has 20 heavy (non-hydrogen) atoms. The first kappa shape index (κ1) is 14.3. The van der Waals surface area contributed by atoms with E-state index in [0.717, 1.165) is 11.4 Å². The third-order valence-corrected chi connectivity index (χ3v) is 3.24. The Balaban J connectivity index is 2.68. The van der Waals surface area contributed by atoms with E-state index < -0.39 is 12.2 Å². The number of carboxylic acids is 1. The second kappa shape index (κ2) is 5.46. The highest BCUT2D eigenvalue weighted by molar-refractivity contribution is 5.92. The number of aromatic nitrogens is 1. The summed E-state index contributed by atoms with van der Waals surface area (Å²) >= 11 is 0. The van der Waals surface area contributed by atoms with Crippen LogP contribution < -0.4 is 11.3 Å². The number of aryl methyl sites for hydroxylation is 2. The van der Waals surface area contributed by atoms with E-state index in [1.54, 1.807) is 6.07 Å². The number of aliphatic hydroxyl groups excluding tert-OH is 1. The van der Waals surface area contributed by atoms with Crippen molar-refractivity contribution in [1.29, 1.82) is 0 Å². The van der Waals surface area contributed by atoms with Crippen LogP contribution in [0.1, 0.15) is 33.5 Å². The fourth-order valence-corrected chi connectivity index (χ4v) is 2.23. The molecule has 1 atom stereocenters. The quantitative estimate of drug-likeness (QED) is 0.382. The smallest absolute Gasteiger partial charge is 0.337 e. The van der Waals surface area contributed by atoms with Gasteiger partial charge < -0.3 is 14.8 Å². The maximum absolute atomic E-state index is 11.4. The van der Waals surface area contributed by atoms with Crippen LogP contribution in [0.5, 0.6) is 0 Å². The summed E-state index contributed by atoms with van der Waals surface area (Å²) in [6.45, 7) is 3.78. The Morgan fingerprint density at radius 2 is 1.85 bits per heavy atom. The van der Waals surface area contributed by atoms with Crippen LogP contribution in [0.25, 0.3) is 5.69 Å². The number of aliphatic hydroxyl groups is 1. The van der Waals surface area contributed by atoms with Crippen LogP contribution in [0, 0.1) is 13.8 Å². The van der Waals surface area contributed by atoms with E-state index in [-0.39, 0.29) is 5.56 Å². The summed E-state index contributed by atoms with van der Waals surface area (Å²) in [6.07, 6.45) is -1.05. The minimum Gasteiger partial charge on any atom is -0.478 e. The van der Waals surface area contributed by atoms with Crippen LogP contribution in [0.4, 0.5) is 0 Å². The van der Waals surface area contributed by atoms with Crippen molar-refractivity contribution >= 4 is 5.97 Å². The lowest BCUT2D eigenvalue weighted by Crippen LogP contribution is -2.27. The fraction of sp³-hybridized carbons (Fsp3) is 0.214. The molecule has 2 rings (SSSR count). The number of aromatic carboxylic acids is 1. The lowest BCUT2D eigenvalue weighted by molar-refractivity contribution is 0.0696.